The van der Waals surface area contributed by atoms with Crippen LogP contribution >= 0.6 is 11.6 Å². The van der Waals surface area contributed by atoms with E-state index in [1.807, 2.05) is 0 Å². The predicted octanol–water partition coefficient (Wildman–Crippen LogP) is 2.63. The Kier molecular flexibility index (Phi) is 9.25. The summed E-state index contributed by atoms with van der Waals surface area (Å²) in [4.78, 5) is 23.5. The number of anilines is 1. The van der Waals surface area contributed by atoms with Gasteiger partial charge in [-0.2, -0.15) is 4.72 Å². The van der Waals surface area contributed by atoms with Crippen LogP contribution in [0.3, 0.4) is 0 Å². The molecule has 3 N–H and O–H groups in total. The molecule has 1 heterocycles. The molecule has 2 aromatic carbocycles. The van der Waals surface area contributed by atoms with Crippen molar-refractivity contribution in [2.24, 2.45) is 0 Å². The van der Waals surface area contributed by atoms with E-state index in [9.17, 15) is 18.0 Å². The van der Waals surface area contributed by atoms with Crippen molar-refractivity contribution in [1.82, 2.24) is 4.72 Å². The molecular weight excluding hydrogens is 488 g/mol. The normalized spacial score (nSPS) is 17.0. The first-order valence-corrected chi connectivity index (χ1v) is 12.4. The zero-order valence-electron chi connectivity index (χ0n) is 18.1. The maximum atomic E-state index is 13.0. The molecule has 10 nitrogen and oxygen atoms in total. The molecule has 3 rings (SSSR count). The highest BCUT2D eigenvalue weighted by atomic mass is 35.5. The highest BCUT2D eigenvalue weighted by Gasteiger charge is 2.28. The minimum Gasteiger partial charge on any atom is -0.482 e. The van der Waals surface area contributed by atoms with Crippen LogP contribution in [0.2, 0.25) is 5.02 Å². The number of aliphatic carboxylic acids is 1. The lowest BCUT2D eigenvalue weighted by Crippen LogP contribution is -2.47. The third kappa shape index (κ3) is 7.96. The summed E-state index contributed by atoms with van der Waals surface area (Å²) in [5.41, 5.74) is 0.359. The van der Waals surface area contributed by atoms with Gasteiger partial charge in [-0.15, -0.1) is 0 Å². The molecule has 1 fully saturated rings. The van der Waals surface area contributed by atoms with Crippen LogP contribution in [0.1, 0.15) is 19.3 Å². The van der Waals surface area contributed by atoms with E-state index in [-0.39, 0.29) is 11.5 Å². The lowest BCUT2D eigenvalue weighted by molar-refractivity contribution is -0.166. The van der Waals surface area contributed by atoms with Gasteiger partial charge in [-0.1, -0.05) is 11.6 Å². The zero-order valence-corrected chi connectivity index (χ0v) is 19.7. The number of ether oxygens (including phenoxy) is 3. The van der Waals surface area contributed by atoms with Gasteiger partial charge in [-0.3, -0.25) is 4.79 Å². The first kappa shape index (κ1) is 25.9. The second-order valence-electron chi connectivity index (χ2n) is 7.45. The third-order valence-electron chi connectivity index (χ3n) is 4.81. The molecule has 1 amide bonds. The number of rotatable bonds is 11. The van der Waals surface area contributed by atoms with Gasteiger partial charge in [-0.25, -0.2) is 13.2 Å². The Labute approximate surface area is 202 Å². The van der Waals surface area contributed by atoms with Crippen molar-refractivity contribution in [2.45, 2.75) is 36.5 Å². The van der Waals surface area contributed by atoms with Crippen molar-refractivity contribution >= 4 is 39.2 Å². The van der Waals surface area contributed by atoms with Crippen molar-refractivity contribution in [3.63, 3.8) is 0 Å². The molecule has 0 bridgehead atoms. The van der Waals surface area contributed by atoms with Gasteiger partial charge in [-0.05, 0) is 67.8 Å². The number of carbonyl (C=O) groups is 2. The van der Waals surface area contributed by atoms with Crippen LogP contribution in [0, 0.1) is 0 Å². The highest BCUT2D eigenvalue weighted by molar-refractivity contribution is 7.89. The van der Waals surface area contributed by atoms with Crippen LogP contribution in [0.15, 0.2) is 53.4 Å². The summed E-state index contributed by atoms with van der Waals surface area (Å²) in [7, 11) is -4.05. The van der Waals surface area contributed by atoms with Gasteiger partial charge in [0.15, 0.2) is 12.9 Å². The minimum atomic E-state index is -4.05. The average molecular weight is 513 g/mol. The highest BCUT2D eigenvalue weighted by Crippen LogP contribution is 2.18. The van der Waals surface area contributed by atoms with E-state index in [1.54, 1.807) is 0 Å². The molecule has 12 heteroatoms. The molecular formula is C22H25ClN2O8S. The summed E-state index contributed by atoms with van der Waals surface area (Å²) >= 11 is 5.84. The molecule has 0 spiro atoms. The molecule has 0 aromatic heterocycles. The summed E-state index contributed by atoms with van der Waals surface area (Å²) < 4.78 is 44.3. The van der Waals surface area contributed by atoms with E-state index in [0.717, 1.165) is 12.8 Å². The Morgan fingerprint density at radius 2 is 1.82 bits per heavy atom. The lowest BCUT2D eigenvalue weighted by Gasteiger charge is -2.25. The summed E-state index contributed by atoms with van der Waals surface area (Å²) in [6.07, 6.45) is 1.96. The molecule has 1 aliphatic rings. The summed E-state index contributed by atoms with van der Waals surface area (Å²) in [5.74, 6) is -1.46. The summed E-state index contributed by atoms with van der Waals surface area (Å²) in [5, 5.41) is 11.7. The molecule has 0 aliphatic carbocycles. The second kappa shape index (κ2) is 12.1. The standard InChI is InChI=1S/C22H25ClN2O8S/c23-15-4-10-18(11-5-15)34(29,30)25-19(13-33-21-3-1-2-12-31-21)22(28)24-16-6-8-17(9-7-16)32-14-20(26)27/h4-11,19,21,25H,1-3,12-14H2,(H,24,28)(H,26,27)/t19-,21?/m0/s1. The molecule has 2 atom stereocenters. The number of carboxylic acids is 1. The number of sulfonamides is 1. The topological polar surface area (TPSA) is 140 Å². The van der Waals surface area contributed by atoms with Crippen LogP contribution in [-0.4, -0.2) is 57.6 Å². The molecule has 1 saturated heterocycles. The molecule has 184 valence electrons. The molecule has 2 aromatic rings. The fourth-order valence-corrected chi connectivity index (χ4v) is 4.39. The zero-order chi connectivity index (χ0) is 24.6. The van der Waals surface area contributed by atoms with Gasteiger partial charge in [0.25, 0.3) is 0 Å². The minimum absolute atomic E-state index is 0.0523. The fraction of sp³-hybridized carbons (Fsp3) is 0.364. The van der Waals surface area contributed by atoms with Crippen molar-refractivity contribution in [2.75, 3.05) is 25.1 Å². The molecule has 1 aliphatic heterocycles. The molecule has 0 saturated carbocycles. The van der Waals surface area contributed by atoms with Gasteiger partial charge in [0.2, 0.25) is 15.9 Å². The quantitative estimate of drug-likeness (QED) is 0.417. The summed E-state index contributed by atoms with van der Waals surface area (Å²) in [6, 6.07) is 10.3. The van der Waals surface area contributed by atoms with Crippen molar-refractivity contribution < 1.29 is 37.3 Å². The van der Waals surface area contributed by atoms with Gasteiger partial charge >= 0.3 is 5.97 Å². The Hall–Kier alpha value is -2.70. The summed E-state index contributed by atoms with van der Waals surface area (Å²) in [6.45, 7) is -0.210. The maximum absolute atomic E-state index is 13.0. The molecule has 1 unspecified atom stereocenters. The number of hydrogen-bond donors (Lipinski definition) is 3. The van der Waals surface area contributed by atoms with E-state index in [2.05, 4.69) is 10.0 Å². The van der Waals surface area contributed by atoms with Crippen LogP contribution in [0.25, 0.3) is 0 Å². The number of hydrogen-bond acceptors (Lipinski definition) is 7. The lowest BCUT2D eigenvalue weighted by atomic mass is 10.2. The SMILES string of the molecule is O=C(O)COc1ccc(NC(=O)[C@H](COC2CCCCO2)NS(=O)(=O)c2ccc(Cl)cc2)cc1. The molecule has 0 radical (unpaired) electrons. The van der Waals surface area contributed by atoms with E-state index >= 15 is 0 Å². The number of carbonyl (C=O) groups excluding carboxylic acids is 1. The van der Waals surface area contributed by atoms with Crippen molar-refractivity contribution in [3.05, 3.63) is 53.6 Å². The number of amides is 1. The Morgan fingerprint density at radius 1 is 1.12 bits per heavy atom. The Morgan fingerprint density at radius 3 is 2.44 bits per heavy atom. The van der Waals surface area contributed by atoms with Crippen LogP contribution in [-0.2, 0) is 29.1 Å². The van der Waals surface area contributed by atoms with E-state index in [1.165, 1.54) is 48.5 Å². The fourth-order valence-electron chi connectivity index (χ4n) is 3.09. The van der Waals surface area contributed by atoms with Gasteiger partial charge < -0.3 is 24.6 Å². The average Bonchev–Trinajstić information content (AvgIpc) is 2.82. The largest absolute Gasteiger partial charge is 0.482 e. The second-order valence-corrected chi connectivity index (χ2v) is 9.60. The van der Waals surface area contributed by atoms with Gasteiger partial charge in [0, 0.05) is 17.3 Å². The first-order valence-electron chi connectivity index (χ1n) is 10.5. The number of carboxylic acid groups (broad SMARTS) is 1. The van der Waals surface area contributed by atoms with Crippen LogP contribution in [0.5, 0.6) is 5.75 Å². The van der Waals surface area contributed by atoms with Crippen molar-refractivity contribution in [3.8, 4) is 5.75 Å². The number of nitrogens with one attached hydrogen (secondary N) is 2. The van der Waals surface area contributed by atoms with Crippen LogP contribution < -0.4 is 14.8 Å². The van der Waals surface area contributed by atoms with E-state index in [0.29, 0.717) is 29.5 Å². The monoisotopic (exact) mass is 512 g/mol. The van der Waals surface area contributed by atoms with Crippen LogP contribution in [0.4, 0.5) is 5.69 Å². The smallest absolute Gasteiger partial charge is 0.341 e. The maximum Gasteiger partial charge on any atom is 0.341 e. The number of halogens is 1. The number of benzene rings is 2. The van der Waals surface area contributed by atoms with E-state index in [4.69, 9.17) is 30.9 Å². The van der Waals surface area contributed by atoms with E-state index < -0.39 is 40.8 Å². The third-order valence-corrected chi connectivity index (χ3v) is 6.55. The first-order chi connectivity index (χ1) is 16.2. The Balaban J connectivity index is 1.70. The van der Waals surface area contributed by atoms with Gasteiger partial charge in [0.1, 0.15) is 11.8 Å². The predicted molar refractivity (Wildman–Crippen MR) is 123 cm³/mol. The van der Waals surface area contributed by atoms with Gasteiger partial charge in [0.05, 0.1) is 11.5 Å². The van der Waals surface area contributed by atoms with Crippen molar-refractivity contribution in [1.29, 1.82) is 0 Å². The Bertz CT molecular complexity index is 1070. The molecule has 34 heavy (non-hydrogen) atoms.